The zero-order valence-corrected chi connectivity index (χ0v) is 15.3. The second kappa shape index (κ2) is 7.20. The van der Waals surface area contributed by atoms with Gasteiger partial charge in [-0.2, -0.15) is 0 Å². The number of hydrogen-bond acceptors (Lipinski definition) is 4. The van der Waals surface area contributed by atoms with Crippen LogP contribution in [-0.2, 0) is 16.1 Å². The summed E-state index contributed by atoms with van der Waals surface area (Å²) in [6.07, 6.45) is 3.74. The molecule has 1 atom stereocenters. The molecule has 3 heterocycles. The maximum atomic E-state index is 11.9. The van der Waals surface area contributed by atoms with Crippen LogP contribution in [0.25, 0.3) is 5.65 Å². The number of ether oxygens (including phenoxy) is 1. The minimum absolute atomic E-state index is 0.0334. The van der Waals surface area contributed by atoms with Gasteiger partial charge in [-0.3, -0.25) is 14.1 Å². The molecule has 0 saturated carbocycles. The SMILES string of the molecule is CCOC(=O)[C@H]1CCCN(Cc2nc3ccc(Cl)cn3c2Br)C1. The number of fused-ring (bicyclic) bond motifs is 1. The van der Waals surface area contributed by atoms with Gasteiger partial charge in [0.15, 0.2) is 0 Å². The highest BCUT2D eigenvalue weighted by Gasteiger charge is 2.27. The van der Waals surface area contributed by atoms with Gasteiger partial charge < -0.3 is 4.74 Å². The number of nitrogens with zero attached hydrogens (tertiary/aromatic N) is 3. The van der Waals surface area contributed by atoms with Crippen LogP contribution in [0.4, 0.5) is 0 Å². The Labute approximate surface area is 148 Å². The fourth-order valence-corrected chi connectivity index (χ4v) is 3.66. The summed E-state index contributed by atoms with van der Waals surface area (Å²) in [5.74, 6) is -0.119. The summed E-state index contributed by atoms with van der Waals surface area (Å²) in [7, 11) is 0. The molecule has 0 bridgehead atoms. The number of pyridine rings is 1. The first kappa shape index (κ1) is 16.7. The fraction of sp³-hybridized carbons (Fsp3) is 0.500. The molecule has 1 aliphatic heterocycles. The first-order valence-corrected chi connectivity index (χ1v) is 8.96. The second-order valence-corrected chi connectivity index (χ2v) is 6.94. The summed E-state index contributed by atoms with van der Waals surface area (Å²) in [5, 5.41) is 0.669. The lowest BCUT2D eigenvalue weighted by molar-refractivity contribution is -0.150. The topological polar surface area (TPSA) is 46.8 Å². The van der Waals surface area contributed by atoms with Crippen LogP contribution in [0.1, 0.15) is 25.5 Å². The Bertz CT molecular complexity index is 719. The Morgan fingerprint density at radius 2 is 2.35 bits per heavy atom. The molecule has 2 aromatic rings. The molecule has 1 saturated heterocycles. The number of likely N-dealkylation sites (tertiary alicyclic amines) is 1. The van der Waals surface area contributed by atoms with Gasteiger partial charge in [-0.05, 0) is 54.4 Å². The third-order valence-electron chi connectivity index (χ3n) is 4.09. The minimum Gasteiger partial charge on any atom is -0.466 e. The summed E-state index contributed by atoms with van der Waals surface area (Å²) < 4.78 is 8.00. The molecule has 124 valence electrons. The third-order valence-corrected chi connectivity index (χ3v) is 5.15. The monoisotopic (exact) mass is 399 g/mol. The molecule has 2 aromatic heterocycles. The van der Waals surface area contributed by atoms with Gasteiger partial charge in [0.2, 0.25) is 0 Å². The van der Waals surface area contributed by atoms with Gasteiger partial charge in [0.25, 0.3) is 0 Å². The Morgan fingerprint density at radius 3 is 3.13 bits per heavy atom. The maximum absolute atomic E-state index is 11.9. The van der Waals surface area contributed by atoms with E-state index in [0.717, 1.165) is 41.9 Å². The van der Waals surface area contributed by atoms with Crippen molar-refractivity contribution in [2.45, 2.75) is 26.3 Å². The Kier molecular flexibility index (Phi) is 5.24. The largest absolute Gasteiger partial charge is 0.466 e. The molecule has 7 heteroatoms. The van der Waals surface area contributed by atoms with Crippen molar-refractivity contribution in [3.8, 4) is 0 Å². The van der Waals surface area contributed by atoms with E-state index in [4.69, 9.17) is 16.3 Å². The maximum Gasteiger partial charge on any atom is 0.310 e. The van der Waals surface area contributed by atoms with Gasteiger partial charge in [0.1, 0.15) is 10.3 Å². The molecule has 3 rings (SSSR count). The molecule has 1 aliphatic rings. The molecule has 0 amide bonds. The summed E-state index contributed by atoms with van der Waals surface area (Å²) in [6, 6.07) is 3.73. The van der Waals surface area contributed by atoms with Crippen LogP contribution in [-0.4, -0.2) is 40.0 Å². The van der Waals surface area contributed by atoms with E-state index in [-0.39, 0.29) is 11.9 Å². The number of carbonyl (C=O) groups excluding carboxylic acids is 1. The lowest BCUT2D eigenvalue weighted by Crippen LogP contribution is -2.39. The normalized spacial score (nSPS) is 19.2. The first-order valence-electron chi connectivity index (χ1n) is 7.79. The second-order valence-electron chi connectivity index (χ2n) is 5.75. The Hall–Kier alpha value is -1.11. The molecule has 0 aliphatic carbocycles. The van der Waals surface area contributed by atoms with Crippen LogP contribution in [0.5, 0.6) is 0 Å². The highest BCUT2D eigenvalue weighted by Crippen LogP contribution is 2.25. The lowest BCUT2D eigenvalue weighted by Gasteiger charge is -2.30. The van der Waals surface area contributed by atoms with Crippen LogP contribution in [0, 0.1) is 5.92 Å². The van der Waals surface area contributed by atoms with Crippen LogP contribution >= 0.6 is 27.5 Å². The van der Waals surface area contributed by atoms with Gasteiger partial charge in [-0.1, -0.05) is 11.6 Å². The van der Waals surface area contributed by atoms with E-state index in [0.29, 0.717) is 18.2 Å². The van der Waals surface area contributed by atoms with Crippen molar-refractivity contribution in [2.24, 2.45) is 5.92 Å². The molecule has 5 nitrogen and oxygen atoms in total. The Morgan fingerprint density at radius 1 is 1.52 bits per heavy atom. The summed E-state index contributed by atoms with van der Waals surface area (Å²) in [5.41, 5.74) is 1.81. The molecule has 23 heavy (non-hydrogen) atoms. The van der Waals surface area contributed by atoms with E-state index in [1.807, 2.05) is 29.7 Å². The quantitative estimate of drug-likeness (QED) is 0.737. The molecule has 0 spiro atoms. The van der Waals surface area contributed by atoms with Crippen molar-refractivity contribution in [2.75, 3.05) is 19.7 Å². The molecular weight excluding hydrogens is 382 g/mol. The van der Waals surface area contributed by atoms with Crippen LogP contribution < -0.4 is 0 Å². The highest BCUT2D eigenvalue weighted by molar-refractivity contribution is 9.10. The van der Waals surface area contributed by atoms with Gasteiger partial charge in [-0.25, -0.2) is 4.98 Å². The highest BCUT2D eigenvalue weighted by atomic mass is 79.9. The van der Waals surface area contributed by atoms with E-state index in [2.05, 4.69) is 25.8 Å². The zero-order valence-electron chi connectivity index (χ0n) is 13.0. The molecular formula is C16H19BrClN3O2. The number of rotatable bonds is 4. The van der Waals surface area contributed by atoms with Crippen LogP contribution in [0.3, 0.4) is 0 Å². The molecule has 1 fully saturated rings. The van der Waals surface area contributed by atoms with Crippen molar-refractivity contribution in [1.82, 2.24) is 14.3 Å². The van der Waals surface area contributed by atoms with Crippen LogP contribution in [0.2, 0.25) is 5.02 Å². The van der Waals surface area contributed by atoms with Crippen molar-refractivity contribution in [3.05, 3.63) is 33.6 Å². The number of esters is 1. The van der Waals surface area contributed by atoms with E-state index < -0.39 is 0 Å². The molecule has 0 radical (unpaired) electrons. The third kappa shape index (κ3) is 3.70. The first-order chi connectivity index (χ1) is 11.1. The molecule has 0 unspecified atom stereocenters. The summed E-state index contributed by atoms with van der Waals surface area (Å²) in [6.45, 7) is 4.68. The Balaban J connectivity index is 1.74. The van der Waals surface area contributed by atoms with Gasteiger partial charge in [-0.15, -0.1) is 0 Å². The number of imidazole rings is 1. The van der Waals surface area contributed by atoms with Crippen molar-refractivity contribution in [3.63, 3.8) is 0 Å². The predicted octanol–water partition coefficient (Wildman–Crippen LogP) is 3.53. The standard InChI is InChI=1S/C16H19BrClN3O2/c1-2-23-16(22)11-4-3-7-20(8-11)10-13-15(17)21-9-12(18)5-6-14(21)19-13/h5-6,9,11H,2-4,7-8,10H2,1H3/t11-/m0/s1. The number of halogens is 2. The number of aromatic nitrogens is 2. The van der Waals surface area contributed by atoms with Gasteiger partial charge >= 0.3 is 5.97 Å². The van der Waals surface area contributed by atoms with Gasteiger partial charge in [0, 0.05) is 19.3 Å². The van der Waals surface area contributed by atoms with E-state index >= 15 is 0 Å². The van der Waals surface area contributed by atoms with Crippen molar-refractivity contribution in [1.29, 1.82) is 0 Å². The zero-order chi connectivity index (χ0) is 16.4. The summed E-state index contributed by atoms with van der Waals surface area (Å²) >= 11 is 9.65. The predicted molar refractivity (Wildman–Crippen MR) is 92.5 cm³/mol. The van der Waals surface area contributed by atoms with Crippen molar-refractivity contribution >= 4 is 39.1 Å². The van der Waals surface area contributed by atoms with E-state index in [1.54, 1.807) is 0 Å². The number of hydrogen-bond donors (Lipinski definition) is 0. The number of piperidine rings is 1. The smallest absolute Gasteiger partial charge is 0.310 e. The molecule has 0 aromatic carbocycles. The minimum atomic E-state index is -0.0851. The fourth-order valence-electron chi connectivity index (χ4n) is 3.00. The average molecular weight is 401 g/mol. The average Bonchev–Trinajstić information content (AvgIpc) is 2.84. The van der Waals surface area contributed by atoms with Crippen LogP contribution in [0.15, 0.2) is 22.9 Å². The van der Waals surface area contributed by atoms with E-state index in [9.17, 15) is 4.79 Å². The summed E-state index contributed by atoms with van der Waals surface area (Å²) in [4.78, 5) is 18.9. The van der Waals surface area contributed by atoms with E-state index in [1.165, 1.54) is 0 Å². The van der Waals surface area contributed by atoms with Gasteiger partial charge in [0.05, 0.1) is 23.2 Å². The molecule has 0 N–H and O–H groups in total. The lowest BCUT2D eigenvalue weighted by atomic mass is 9.98. The number of carbonyl (C=O) groups is 1. The van der Waals surface area contributed by atoms with Crippen molar-refractivity contribution < 1.29 is 9.53 Å².